The summed E-state index contributed by atoms with van der Waals surface area (Å²) in [6.45, 7) is 9.08. The number of nitrogens with zero attached hydrogens (tertiary/aromatic N) is 1. The quantitative estimate of drug-likeness (QED) is 0.801. The predicted octanol–water partition coefficient (Wildman–Crippen LogP) is 2.68. The van der Waals surface area contributed by atoms with Crippen molar-refractivity contribution in [3.05, 3.63) is 35.9 Å². The first-order valence-electron chi connectivity index (χ1n) is 8.13. The molecule has 2 fully saturated rings. The van der Waals surface area contributed by atoms with Crippen molar-refractivity contribution in [2.24, 2.45) is 0 Å². The van der Waals surface area contributed by atoms with Crippen molar-refractivity contribution in [1.29, 1.82) is 0 Å². The van der Waals surface area contributed by atoms with Crippen molar-refractivity contribution in [3.8, 4) is 0 Å². The fraction of sp³-hybridized carbons (Fsp3) is 0.588. The molecule has 2 heterocycles. The van der Waals surface area contributed by atoms with E-state index in [0.29, 0.717) is 19.6 Å². The molecule has 2 aliphatic rings. The zero-order valence-corrected chi connectivity index (χ0v) is 14.2. The topological polar surface area (TPSA) is 48.0 Å². The smallest absolute Gasteiger partial charge is 0.448 e. The Kier molecular flexibility index (Phi) is 4.15. The molecular formula is C17H24BNO4. The lowest BCUT2D eigenvalue weighted by Gasteiger charge is -2.32. The van der Waals surface area contributed by atoms with Crippen molar-refractivity contribution in [3.63, 3.8) is 0 Å². The Hall–Kier alpha value is -1.53. The molecule has 0 spiro atoms. The Morgan fingerprint density at radius 2 is 1.74 bits per heavy atom. The van der Waals surface area contributed by atoms with Gasteiger partial charge in [-0.2, -0.15) is 0 Å². The van der Waals surface area contributed by atoms with Crippen molar-refractivity contribution in [1.82, 2.24) is 4.90 Å². The normalized spacial score (nSPS) is 23.9. The molecule has 1 aromatic rings. The molecule has 0 saturated carbocycles. The van der Waals surface area contributed by atoms with Crippen LogP contribution in [0, 0.1) is 0 Å². The summed E-state index contributed by atoms with van der Waals surface area (Å²) in [6.07, 6.45) is 0.382. The van der Waals surface area contributed by atoms with Crippen LogP contribution in [0.15, 0.2) is 30.3 Å². The summed E-state index contributed by atoms with van der Waals surface area (Å²) in [4.78, 5) is 13.8. The molecule has 0 unspecified atom stereocenters. The van der Waals surface area contributed by atoms with E-state index in [2.05, 4.69) is 12.1 Å². The maximum absolute atomic E-state index is 12.1. The second-order valence-corrected chi connectivity index (χ2v) is 7.19. The molecule has 0 bridgehead atoms. The number of hydrogen-bond acceptors (Lipinski definition) is 4. The molecule has 124 valence electrons. The minimum Gasteiger partial charge on any atom is -0.448 e. The van der Waals surface area contributed by atoms with Crippen LogP contribution in [0.4, 0.5) is 4.79 Å². The van der Waals surface area contributed by atoms with Gasteiger partial charge in [0, 0.05) is 0 Å². The molecule has 1 amide bonds. The zero-order chi connectivity index (χ0) is 16.7. The van der Waals surface area contributed by atoms with E-state index in [4.69, 9.17) is 14.0 Å². The van der Waals surface area contributed by atoms with E-state index in [1.54, 1.807) is 4.90 Å². The number of amides is 1. The third-order valence-corrected chi connectivity index (χ3v) is 5.07. The fourth-order valence-corrected chi connectivity index (χ4v) is 2.96. The number of benzene rings is 1. The summed E-state index contributed by atoms with van der Waals surface area (Å²) in [5.74, 6) is -0.201. The van der Waals surface area contributed by atoms with Crippen molar-refractivity contribution in [2.75, 3.05) is 13.2 Å². The first-order chi connectivity index (χ1) is 10.8. The van der Waals surface area contributed by atoms with E-state index in [9.17, 15) is 4.79 Å². The largest absolute Gasteiger partial charge is 0.482 e. The van der Waals surface area contributed by atoms with Gasteiger partial charge in [0.25, 0.3) is 0 Å². The van der Waals surface area contributed by atoms with Gasteiger partial charge in [0.2, 0.25) is 0 Å². The minimum atomic E-state index is -0.467. The second-order valence-electron chi connectivity index (χ2n) is 7.19. The van der Waals surface area contributed by atoms with Gasteiger partial charge in [-0.15, -0.1) is 0 Å². The molecule has 2 saturated heterocycles. The van der Waals surface area contributed by atoms with Crippen LogP contribution in [-0.2, 0) is 20.5 Å². The highest BCUT2D eigenvalue weighted by Crippen LogP contribution is 2.39. The second kappa shape index (κ2) is 5.84. The fourth-order valence-electron chi connectivity index (χ4n) is 2.96. The number of rotatable bonds is 4. The molecule has 3 rings (SSSR count). The number of ether oxygens (including phenoxy) is 1. The Bertz CT molecular complexity index is 559. The summed E-state index contributed by atoms with van der Waals surface area (Å²) in [6, 6.07) is 10.1. The van der Waals surface area contributed by atoms with Crippen molar-refractivity contribution >= 4 is 13.2 Å². The van der Waals surface area contributed by atoms with Crippen LogP contribution in [0.25, 0.3) is 0 Å². The van der Waals surface area contributed by atoms with E-state index in [1.165, 1.54) is 0 Å². The lowest BCUT2D eigenvalue weighted by Crippen LogP contribution is -2.50. The molecule has 0 N–H and O–H groups in total. The molecule has 0 aromatic heterocycles. The van der Waals surface area contributed by atoms with Gasteiger partial charge in [-0.3, -0.25) is 0 Å². The number of carbonyl (C=O) groups is 1. The van der Waals surface area contributed by atoms with Crippen LogP contribution in [0.3, 0.4) is 0 Å². The number of cyclic esters (lactones) is 1. The molecule has 1 aromatic carbocycles. The number of hydrogen-bond donors (Lipinski definition) is 0. The first-order valence-corrected chi connectivity index (χ1v) is 8.13. The van der Waals surface area contributed by atoms with E-state index < -0.39 is 18.3 Å². The van der Waals surface area contributed by atoms with Gasteiger partial charge in [-0.1, -0.05) is 30.3 Å². The van der Waals surface area contributed by atoms with Gasteiger partial charge in [0.1, 0.15) is 6.61 Å². The van der Waals surface area contributed by atoms with E-state index in [1.807, 2.05) is 45.9 Å². The zero-order valence-electron chi connectivity index (χ0n) is 14.2. The molecule has 2 aliphatic heterocycles. The lowest BCUT2D eigenvalue weighted by molar-refractivity contribution is 0.00578. The molecule has 23 heavy (non-hydrogen) atoms. The van der Waals surface area contributed by atoms with Gasteiger partial charge in [-0.05, 0) is 39.7 Å². The van der Waals surface area contributed by atoms with E-state index >= 15 is 0 Å². The summed E-state index contributed by atoms with van der Waals surface area (Å²) in [5.41, 5.74) is 0.304. The van der Waals surface area contributed by atoms with Gasteiger partial charge < -0.3 is 18.9 Å². The van der Waals surface area contributed by atoms with Gasteiger partial charge in [0.15, 0.2) is 0 Å². The van der Waals surface area contributed by atoms with Gasteiger partial charge >= 0.3 is 13.2 Å². The van der Waals surface area contributed by atoms with E-state index in [-0.39, 0.29) is 12.0 Å². The van der Waals surface area contributed by atoms with Crippen LogP contribution >= 0.6 is 0 Å². The summed E-state index contributed by atoms with van der Waals surface area (Å²) < 4.78 is 17.5. The Labute approximate surface area is 138 Å². The third-order valence-electron chi connectivity index (χ3n) is 5.07. The van der Waals surface area contributed by atoms with Crippen molar-refractivity contribution in [2.45, 2.75) is 51.3 Å². The van der Waals surface area contributed by atoms with Crippen LogP contribution in [0.2, 0.25) is 0 Å². The Balaban J connectivity index is 1.85. The standard InChI is InChI=1S/C17H24BNO4/c1-16(2)17(3,4)23-18(22-16)14(19-10-11-21-15(19)20)12-13-8-6-5-7-9-13/h5-9,14H,10-12H2,1-4H3/t14-/m1/s1. The van der Waals surface area contributed by atoms with Gasteiger partial charge in [0.05, 0.1) is 23.7 Å². The summed E-state index contributed by atoms with van der Waals surface area (Å²) in [7, 11) is -0.467. The van der Waals surface area contributed by atoms with Crippen LogP contribution in [-0.4, -0.2) is 48.4 Å². The van der Waals surface area contributed by atoms with Gasteiger partial charge in [-0.25, -0.2) is 4.79 Å². The average Bonchev–Trinajstić information content (AvgIpc) is 2.99. The third kappa shape index (κ3) is 3.10. The maximum Gasteiger partial charge on any atom is 0.482 e. The van der Waals surface area contributed by atoms with Crippen LogP contribution in [0.5, 0.6) is 0 Å². The summed E-state index contributed by atoms with van der Waals surface area (Å²) in [5, 5.41) is 0. The SMILES string of the molecule is CC1(C)OB([C@@H](Cc2ccccc2)N2CCOC2=O)OC1(C)C. The molecule has 6 heteroatoms. The van der Waals surface area contributed by atoms with Crippen LogP contribution < -0.4 is 0 Å². The molecule has 0 radical (unpaired) electrons. The molecule has 5 nitrogen and oxygen atoms in total. The Morgan fingerprint density at radius 1 is 1.13 bits per heavy atom. The average molecular weight is 317 g/mol. The lowest BCUT2D eigenvalue weighted by atomic mass is 9.74. The number of carbonyl (C=O) groups excluding carboxylic acids is 1. The maximum atomic E-state index is 12.1. The van der Waals surface area contributed by atoms with Crippen molar-refractivity contribution < 1.29 is 18.8 Å². The summed E-state index contributed by atoms with van der Waals surface area (Å²) >= 11 is 0. The van der Waals surface area contributed by atoms with E-state index in [0.717, 1.165) is 5.56 Å². The highest BCUT2D eigenvalue weighted by atomic mass is 16.7. The monoisotopic (exact) mass is 317 g/mol. The minimum absolute atomic E-state index is 0.201. The molecule has 1 atom stereocenters. The highest BCUT2D eigenvalue weighted by Gasteiger charge is 2.56. The highest BCUT2D eigenvalue weighted by molar-refractivity contribution is 6.48. The Morgan fingerprint density at radius 3 is 2.26 bits per heavy atom. The molecular weight excluding hydrogens is 293 g/mol. The first kappa shape index (κ1) is 16.3. The predicted molar refractivity (Wildman–Crippen MR) is 88.1 cm³/mol. The molecule has 0 aliphatic carbocycles. The van der Waals surface area contributed by atoms with Crippen LogP contribution in [0.1, 0.15) is 33.3 Å².